The van der Waals surface area contributed by atoms with Crippen LogP contribution >= 0.6 is 11.6 Å². The zero-order chi connectivity index (χ0) is 23.3. The summed E-state index contributed by atoms with van der Waals surface area (Å²) in [4.78, 5) is 24.2. The van der Waals surface area contributed by atoms with Gasteiger partial charge in [-0.3, -0.25) is 14.5 Å². The van der Waals surface area contributed by atoms with Crippen molar-refractivity contribution in [2.24, 2.45) is 10.8 Å². The van der Waals surface area contributed by atoms with Gasteiger partial charge < -0.3 is 9.84 Å². The Balaban J connectivity index is 1.42. The predicted octanol–water partition coefficient (Wildman–Crippen LogP) is 4.50. The van der Waals surface area contributed by atoms with Gasteiger partial charge in [-0.15, -0.1) is 0 Å². The average molecular weight is 466 g/mol. The van der Waals surface area contributed by atoms with Crippen LogP contribution in [0.3, 0.4) is 0 Å². The van der Waals surface area contributed by atoms with Crippen molar-refractivity contribution in [3.63, 3.8) is 0 Å². The number of ether oxygens (including phenoxy) is 1. The van der Waals surface area contributed by atoms with E-state index >= 15 is 0 Å². The summed E-state index contributed by atoms with van der Waals surface area (Å²) in [5, 5.41) is 21.4. The number of hydrogen-bond acceptors (Lipinski definition) is 5. The molecule has 0 unspecified atom stereocenters. The zero-order valence-corrected chi connectivity index (χ0v) is 19.3. The quantitative estimate of drug-likeness (QED) is 0.714. The van der Waals surface area contributed by atoms with Crippen LogP contribution in [0.25, 0.3) is 11.3 Å². The second-order valence-corrected chi connectivity index (χ2v) is 11.3. The van der Waals surface area contributed by atoms with Crippen molar-refractivity contribution in [2.75, 3.05) is 11.6 Å². The lowest BCUT2D eigenvalue weighted by molar-refractivity contribution is -0.181. The van der Waals surface area contributed by atoms with Gasteiger partial charge in [-0.1, -0.05) is 11.6 Å². The third-order valence-corrected chi connectivity index (χ3v) is 8.38. The Morgan fingerprint density at radius 3 is 2.70 bits per heavy atom. The van der Waals surface area contributed by atoms with Crippen molar-refractivity contribution in [2.45, 2.75) is 57.5 Å². The molecule has 4 fully saturated rings. The van der Waals surface area contributed by atoms with Crippen molar-refractivity contribution in [1.29, 1.82) is 5.26 Å². The Morgan fingerprint density at radius 2 is 2.03 bits per heavy atom. The van der Waals surface area contributed by atoms with E-state index in [-0.39, 0.29) is 28.0 Å². The van der Waals surface area contributed by atoms with Crippen LogP contribution < -0.4 is 15.2 Å². The molecule has 0 amide bonds. The fourth-order valence-electron chi connectivity index (χ4n) is 6.62. The predicted molar refractivity (Wildman–Crippen MR) is 122 cm³/mol. The number of benzene rings is 1. The highest BCUT2D eigenvalue weighted by Gasteiger charge is 2.68. The molecule has 170 valence electrons. The van der Waals surface area contributed by atoms with Crippen molar-refractivity contribution in [3.8, 4) is 23.1 Å². The van der Waals surface area contributed by atoms with Gasteiger partial charge in [-0.05, 0) is 63.6 Å². The molecule has 5 aliphatic rings. The summed E-state index contributed by atoms with van der Waals surface area (Å²) in [7, 11) is 0. The second kappa shape index (κ2) is 6.32. The summed E-state index contributed by atoms with van der Waals surface area (Å²) in [5.74, 6) is -0.614. The molecule has 33 heavy (non-hydrogen) atoms. The van der Waals surface area contributed by atoms with Gasteiger partial charge in [0.05, 0.1) is 40.4 Å². The normalized spacial score (nSPS) is 29.6. The minimum atomic E-state index is -1.23. The molecule has 0 spiro atoms. The first-order chi connectivity index (χ1) is 15.6. The Morgan fingerprint density at radius 1 is 1.30 bits per heavy atom. The summed E-state index contributed by atoms with van der Waals surface area (Å²) < 4.78 is 8.02. The first-order valence-corrected chi connectivity index (χ1v) is 11.6. The van der Waals surface area contributed by atoms with E-state index in [0.29, 0.717) is 23.1 Å². The maximum absolute atomic E-state index is 12.6. The number of fused-ring (bicyclic) bond motifs is 6. The molecule has 2 aliphatic heterocycles. The van der Waals surface area contributed by atoms with Crippen molar-refractivity contribution in [1.82, 2.24) is 4.68 Å². The molecule has 1 saturated heterocycles. The van der Waals surface area contributed by atoms with Gasteiger partial charge in [-0.2, -0.15) is 5.26 Å². The number of rotatable bonds is 4. The van der Waals surface area contributed by atoms with E-state index in [9.17, 15) is 20.0 Å². The minimum Gasteiger partial charge on any atom is -0.491 e. The molecule has 7 rings (SSSR count). The summed E-state index contributed by atoms with van der Waals surface area (Å²) in [6, 6.07) is 7.66. The number of carbonyl (C=O) groups is 1. The van der Waals surface area contributed by atoms with E-state index in [1.807, 2.05) is 16.8 Å². The van der Waals surface area contributed by atoms with E-state index < -0.39 is 11.4 Å². The third kappa shape index (κ3) is 2.73. The molecule has 3 saturated carbocycles. The molecule has 1 aromatic carbocycles. The van der Waals surface area contributed by atoms with Crippen LogP contribution in [0.2, 0.25) is 5.02 Å². The van der Waals surface area contributed by atoms with Crippen LogP contribution in [0, 0.1) is 22.2 Å². The monoisotopic (exact) mass is 465 g/mol. The van der Waals surface area contributed by atoms with E-state index in [0.717, 1.165) is 43.2 Å². The largest absolute Gasteiger partial charge is 0.491 e. The maximum atomic E-state index is 12.6. The highest BCUT2D eigenvalue weighted by molar-refractivity contribution is 6.32. The molecule has 7 nitrogen and oxygen atoms in total. The molecule has 2 aromatic rings. The lowest BCUT2D eigenvalue weighted by Gasteiger charge is -2.66. The number of pyridine rings is 1. The number of carboxylic acids is 1. The maximum Gasteiger partial charge on any atom is 0.341 e. The van der Waals surface area contributed by atoms with Gasteiger partial charge >= 0.3 is 5.97 Å². The van der Waals surface area contributed by atoms with Crippen LogP contribution in [-0.2, 0) is 0 Å². The zero-order valence-electron chi connectivity index (χ0n) is 18.5. The molecule has 3 heterocycles. The van der Waals surface area contributed by atoms with Crippen LogP contribution in [0.5, 0.6) is 5.75 Å². The van der Waals surface area contributed by atoms with Crippen LogP contribution in [0.4, 0.5) is 0 Å². The first-order valence-electron chi connectivity index (χ1n) is 11.2. The van der Waals surface area contributed by atoms with Crippen molar-refractivity contribution in [3.05, 3.63) is 50.8 Å². The summed E-state index contributed by atoms with van der Waals surface area (Å²) in [5.41, 5.74) is 1.48. The average Bonchev–Trinajstić information content (AvgIpc) is 3.02. The molecular formula is C25H24ClN3O4. The van der Waals surface area contributed by atoms with Gasteiger partial charge in [-0.25, -0.2) is 4.79 Å². The highest BCUT2D eigenvalue weighted by Crippen LogP contribution is 2.73. The summed E-state index contributed by atoms with van der Waals surface area (Å²) in [6.07, 6.45) is 5.94. The summed E-state index contributed by atoms with van der Waals surface area (Å²) in [6.45, 7) is 4.80. The lowest BCUT2D eigenvalue weighted by atomic mass is 9.36. The van der Waals surface area contributed by atoms with Gasteiger partial charge in [0.1, 0.15) is 11.3 Å². The Bertz CT molecular complexity index is 1320. The highest BCUT2D eigenvalue weighted by atomic mass is 35.5. The van der Waals surface area contributed by atoms with Crippen molar-refractivity contribution < 1.29 is 14.6 Å². The molecule has 1 aromatic heterocycles. The number of halogens is 1. The Kier molecular flexibility index (Phi) is 3.95. The number of nitriles is 1. The Hall–Kier alpha value is -2.98. The number of hydrogen-bond donors (Lipinski definition) is 1. The number of nitrogens with zero attached hydrogens (tertiary/aromatic N) is 3. The van der Waals surface area contributed by atoms with Gasteiger partial charge in [0, 0.05) is 23.2 Å². The summed E-state index contributed by atoms with van der Waals surface area (Å²) >= 11 is 6.63. The lowest BCUT2D eigenvalue weighted by Crippen LogP contribution is -2.63. The van der Waals surface area contributed by atoms with E-state index in [2.05, 4.69) is 24.9 Å². The van der Waals surface area contributed by atoms with Gasteiger partial charge in [0.25, 0.3) is 0 Å². The smallest absolute Gasteiger partial charge is 0.341 e. The first kappa shape index (κ1) is 20.6. The van der Waals surface area contributed by atoms with Crippen LogP contribution in [-0.4, -0.2) is 27.9 Å². The number of aromatic nitrogens is 1. The molecule has 0 radical (unpaired) electrons. The van der Waals surface area contributed by atoms with E-state index in [1.54, 1.807) is 0 Å². The van der Waals surface area contributed by atoms with Crippen molar-refractivity contribution >= 4 is 17.6 Å². The molecule has 1 N–H and O–H groups in total. The fraction of sp³-hybridized carbons (Fsp3) is 0.480. The molecule has 8 heteroatoms. The van der Waals surface area contributed by atoms with Gasteiger partial charge in [0.15, 0.2) is 5.43 Å². The fourth-order valence-corrected chi connectivity index (χ4v) is 6.84. The molecule has 3 aliphatic carbocycles. The van der Waals surface area contributed by atoms with Crippen LogP contribution in [0.15, 0.2) is 29.2 Å². The molecular weight excluding hydrogens is 442 g/mol. The molecule has 1 atom stereocenters. The third-order valence-electron chi connectivity index (χ3n) is 8.09. The number of aromatic carboxylic acids is 1. The topological polar surface area (TPSA) is 95.6 Å². The van der Waals surface area contributed by atoms with E-state index in [4.69, 9.17) is 16.3 Å². The van der Waals surface area contributed by atoms with Crippen LogP contribution in [0.1, 0.15) is 67.9 Å². The van der Waals surface area contributed by atoms with E-state index in [1.165, 1.54) is 12.3 Å². The minimum absolute atomic E-state index is 0.0167. The SMILES string of the molecule is CC1(C)CC[C@@H]2c3cc(OCC45CC(C#N)(C4)C5)c(Cl)cc3-c3cc(=O)c(C(=O)O)cn3N21. The number of carboxylic acid groups (broad SMARTS) is 1. The Labute approximate surface area is 196 Å². The second-order valence-electron chi connectivity index (χ2n) is 10.9. The van der Waals surface area contributed by atoms with Gasteiger partial charge in [0.2, 0.25) is 0 Å². The molecule has 2 bridgehead atoms. The standard InChI is InChI=1S/C25H24ClN3O4/c1-23(2)4-3-18-15-6-21(33-13-25-9-24(10-25,11-25)12-27)17(26)5-14(15)19-7-20(30)16(22(31)32)8-28(19)29(18)23/h5-8,18H,3-4,9-11,13H2,1-2H3,(H,31,32)/t18-,24?,25?/m1/s1.